The number of fused-ring (bicyclic) bond motifs is 1. The highest BCUT2D eigenvalue weighted by Gasteiger charge is 2.40. The first kappa shape index (κ1) is 23.5. The van der Waals surface area contributed by atoms with Crippen molar-refractivity contribution < 1.29 is 14.6 Å². The van der Waals surface area contributed by atoms with E-state index in [0.717, 1.165) is 46.6 Å². The maximum Gasteiger partial charge on any atom is 0.309 e. The van der Waals surface area contributed by atoms with Crippen molar-refractivity contribution in [2.75, 3.05) is 26.7 Å². The van der Waals surface area contributed by atoms with Gasteiger partial charge in [0.2, 0.25) is 0 Å². The second-order valence-corrected chi connectivity index (χ2v) is 9.64. The topological polar surface area (TPSA) is 75.6 Å². The second-order valence-electron chi connectivity index (χ2n) is 8.35. The number of carboxylic acid groups (broad SMARTS) is 1. The number of methoxy groups -OCH3 is 1. The molecule has 1 aliphatic rings. The van der Waals surface area contributed by atoms with Crippen LogP contribution in [0.3, 0.4) is 0 Å². The zero-order valence-electron chi connectivity index (χ0n) is 18.5. The molecule has 0 bridgehead atoms. The highest BCUT2D eigenvalue weighted by atomic mass is 35.5. The van der Waals surface area contributed by atoms with E-state index in [1.807, 2.05) is 18.2 Å². The van der Waals surface area contributed by atoms with Crippen LogP contribution < -0.4 is 4.74 Å². The molecule has 1 aliphatic heterocycles. The van der Waals surface area contributed by atoms with Gasteiger partial charge < -0.3 is 9.84 Å². The zero-order chi connectivity index (χ0) is 23.3. The molecule has 33 heavy (non-hydrogen) atoms. The fourth-order valence-electron chi connectivity index (χ4n) is 4.41. The SMILES string of the molecule is COc1ccc2ncc(Cl)c(CCCC3(C(=O)O)CCN(CC#Cc4cncs4)CC3)c2c1. The number of likely N-dealkylation sites (tertiary alicyclic amines) is 1. The minimum atomic E-state index is -0.703. The predicted molar refractivity (Wildman–Crippen MR) is 131 cm³/mol. The van der Waals surface area contributed by atoms with E-state index in [-0.39, 0.29) is 0 Å². The van der Waals surface area contributed by atoms with Gasteiger partial charge in [0.1, 0.15) is 5.75 Å². The van der Waals surface area contributed by atoms with Gasteiger partial charge in [-0.3, -0.25) is 19.7 Å². The van der Waals surface area contributed by atoms with E-state index in [9.17, 15) is 9.90 Å². The lowest BCUT2D eigenvalue weighted by Crippen LogP contribution is -2.44. The van der Waals surface area contributed by atoms with Gasteiger partial charge in [-0.05, 0) is 55.9 Å². The average molecular weight is 484 g/mol. The molecule has 0 unspecified atom stereocenters. The number of aliphatic carboxylic acids is 1. The van der Waals surface area contributed by atoms with Crippen LogP contribution in [0, 0.1) is 17.3 Å². The molecule has 3 heterocycles. The number of hydrogen-bond donors (Lipinski definition) is 1. The summed E-state index contributed by atoms with van der Waals surface area (Å²) in [4.78, 5) is 23.9. The van der Waals surface area contributed by atoms with E-state index in [4.69, 9.17) is 16.3 Å². The summed E-state index contributed by atoms with van der Waals surface area (Å²) in [7, 11) is 1.63. The van der Waals surface area contributed by atoms with E-state index in [0.29, 0.717) is 37.3 Å². The summed E-state index contributed by atoms with van der Waals surface area (Å²) in [5, 5.41) is 11.6. The van der Waals surface area contributed by atoms with Gasteiger partial charge in [0.15, 0.2) is 0 Å². The highest BCUT2D eigenvalue weighted by Crippen LogP contribution is 2.38. The van der Waals surface area contributed by atoms with Crippen LogP contribution >= 0.6 is 22.9 Å². The normalized spacial score (nSPS) is 15.7. The van der Waals surface area contributed by atoms with Crippen LogP contribution in [0.1, 0.15) is 36.1 Å². The third-order valence-electron chi connectivity index (χ3n) is 6.43. The summed E-state index contributed by atoms with van der Waals surface area (Å²) >= 11 is 8.00. The number of rotatable bonds is 7. The zero-order valence-corrected chi connectivity index (χ0v) is 20.1. The third-order valence-corrected chi connectivity index (χ3v) is 7.44. The first-order valence-corrected chi connectivity index (χ1v) is 12.2. The van der Waals surface area contributed by atoms with Gasteiger partial charge in [0.05, 0.1) is 46.2 Å². The molecule has 1 N–H and O–H groups in total. The van der Waals surface area contributed by atoms with E-state index < -0.39 is 11.4 Å². The molecule has 172 valence electrons. The molecule has 0 amide bonds. The number of aryl methyl sites for hydroxylation is 1. The van der Waals surface area contributed by atoms with E-state index in [1.165, 1.54) is 11.3 Å². The molecule has 0 atom stereocenters. The fraction of sp³-hybridized carbons (Fsp3) is 0.400. The Hall–Kier alpha value is -2.66. The van der Waals surface area contributed by atoms with Crippen LogP contribution in [-0.2, 0) is 11.2 Å². The molecule has 3 aromatic rings. The van der Waals surface area contributed by atoms with E-state index >= 15 is 0 Å². The molecule has 0 aliphatic carbocycles. The number of carbonyl (C=O) groups is 1. The quantitative estimate of drug-likeness (QED) is 0.482. The number of aromatic nitrogens is 2. The van der Waals surface area contributed by atoms with Crippen molar-refractivity contribution in [2.24, 2.45) is 5.41 Å². The van der Waals surface area contributed by atoms with Crippen LogP contribution in [0.4, 0.5) is 0 Å². The van der Waals surface area contributed by atoms with Crippen molar-refractivity contribution in [2.45, 2.75) is 32.1 Å². The number of hydrogen-bond acceptors (Lipinski definition) is 6. The van der Waals surface area contributed by atoms with Crippen molar-refractivity contribution in [1.82, 2.24) is 14.9 Å². The smallest absolute Gasteiger partial charge is 0.309 e. The number of piperidine rings is 1. The monoisotopic (exact) mass is 483 g/mol. The summed E-state index contributed by atoms with van der Waals surface area (Å²) in [6.07, 6.45) is 6.75. The lowest BCUT2D eigenvalue weighted by Gasteiger charge is -2.38. The van der Waals surface area contributed by atoms with E-state index in [2.05, 4.69) is 26.7 Å². The van der Waals surface area contributed by atoms with Gasteiger partial charge in [-0.25, -0.2) is 0 Å². The maximum atomic E-state index is 12.3. The molecule has 0 saturated carbocycles. The molecule has 4 rings (SSSR count). The number of halogens is 1. The first-order chi connectivity index (χ1) is 16.0. The number of carboxylic acids is 1. The molecule has 0 spiro atoms. The fourth-order valence-corrected chi connectivity index (χ4v) is 5.15. The van der Waals surface area contributed by atoms with Crippen LogP contribution in [0.2, 0.25) is 5.02 Å². The van der Waals surface area contributed by atoms with Gasteiger partial charge in [-0.2, -0.15) is 0 Å². The van der Waals surface area contributed by atoms with Crippen LogP contribution in [0.5, 0.6) is 5.75 Å². The van der Waals surface area contributed by atoms with Gasteiger partial charge >= 0.3 is 5.97 Å². The van der Waals surface area contributed by atoms with Gasteiger partial charge in [0, 0.05) is 24.7 Å². The van der Waals surface area contributed by atoms with Crippen molar-refractivity contribution in [3.05, 3.63) is 51.6 Å². The number of ether oxygens (including phenoxy) is 1. The highest BCUT2D eigenvalue weighted by molar-refractivity contribution is 7.10. The first-order valence-electron chi connectivity index (χ1n) is 10.9. The summed E-state index contributed by atoms with van der Waals surface area (Å²) in [6.45, 7) is 2.12. The number of nitrogens with zero attached hydrogens (tertiary/aromatic N) is 3. The molecule has 1 aromatic carbocycles. The Kier molecular flexibility index (Phi) is 7.49. The minimum absolute atomic E-state index is 0.606. The molecule has 8 heteroatoms. The number of benzene rings is 1. The van der Waals surface area contributed by atoms with Crippen LogP contribution in [0.15, 0.2) is 36.1 Å². The van der Waals surface area contributed by atoms with Crippen LogP contribution in [0.25, 0.3) is 10.9 Å². The second kappa shape index (κ2) is 10.5. The molecule has 1 fully saturated rings. The number of thiazole rings is 1. The molecular formula is C25H26ClN3O3S. The number of pyridine rings is 1. The molecule has 1 saturated heterocycles. The Morgan fingerprint density at radius 3 is 2.85 bits per heavy atom. The van der Waals surface area contributed by atoms with Crippen molar-refractivity contribution in [3.8, 4) is 17.6 Å². The van der Waals surface area contributed by atoms with Crippen LogP contribution in [-0.4, -0.2) is 52.7 Å². The maximum absolute atomic E-state index is 12.3. The third kappa shape index (κ3) is 5.47. The standard InChI is InChI=1S/C25H26ClN3O3S/c1-32-18-6-7-23-21(14-18)20(22(26)16-28-23)5-2-8-25(24(30)31)9-12-29(13-10-25)11-3-4-19-15-27-17-33-19/h6-7,14-17H,2,5,8-13H2,1H3,(H,30,31). The molecule has 6 nitrogen and oxygen atoms in total. The van der Waals surface area contributed by atoms with Crippen molar-refractivity contribution >= 4 is 39.8 Å². The lowest BCUT2D eigenvalue weighted by molar-refractivity contribution is -0.152. The lowest BCUT2D eigenvalue weighted by atomic mass is 9.74. The van der Waals surface area contributed by atoms with Crippen molar-refractivity contribution in [1.29, 1.82) is 0 Å². The Balaban J connectivity index is 1.39. The Morgan fingerprint density at radius 2 is 2.15 bits per heavy atom. The van der Waals surface area contributed by atoms with Gasteiger partial charge in [-0.1, -0.05) is 23.4 Å². The summed E-state index contributed by atoms with van der Waals surface area (Å²) in [5.74, 6) is 6.34. The Bertz CT molecular complexity index is 1180. The van der Waals surface area contributed by atoms with E-state index in [1.54, 1.807) is 25.0 Å². The molecule has 0 radical (unpaired) electrons. The summed E-state index contributed by atoms with van der Waals surface area (Å²) < 4.78 is 5.36. The minimum Gasteiger partial charge on any atom is -0.497 e. The summed E-state index contributed by atoms with van der Waals surface area (Å²) in [5.41, 5.74) is 2.92. The largest absolute Gasteiger partial charge is 0.497 e. The van der Waals surface area contributed by atoms with Gasteiger partial charge in [-0.15, -0.1) is 11.3 Å². The Labute approximate surface area is 202 Å². The predicted octanol–water partition coefficient (Wildman–Crippen LogP) is 4.89. The summed E-state index contributed by atoms with van der Waals surface area (Å²) in [6, 6.07) is 5.74. The molecule has 2 aromatic heterocycles. The van der Waals surface area contributed by atoms with Crippen molar-refractivity contribution in [3.63, 3.8) is 0 Å². The average Bonchev–Trinajstić information content (AvgIpc) is 3.34. The van der Waals surface area contributed by atoms with Gasteiger partial charge in [0.25, 0.3) is 0 Å². The molecular weight excluding hydrogens is 458 g/mol. The Morgan fingerprint density at radius 1 is 1.33 bits per heavy atom.